The van der Waals surface area contributed by atoms with Crippen molar-refractivity contribution >= 4 is 34.3 Å². The maximum Gasteiger partial charge on any atom is 0.316 e. The van der Waals surface area contributed by atoms with E-state index in [1.54, 1.807) is 0 Å². The zero-order valence-electron chi connectivity index (χ0n) is 11.0. The second kappa shape index (κ2) is 8.72. The summed E-state index contributed by atoms with van der Waals surface area (Å²) in [5.74, 6) is -0.0121. The minimum absolute atomic E-state index is 0.225. The van der Waals surface area contributed by atoms with Gasteiger partial charge in [0.15, 0.2) is 0 Å². The molecule has 0 aromatic rings. The van der Waals surface area contributed by atoms with Crippen molar-refractivity contribution in [1.29, 1.82) is 0 Å². The van der Waals surface area contributed by atoms with E-state index in [1.807, 2.05) is 6.92 Å². The van der Waals surface area contributed by atoms with Gasteiger partial charge in [-0.25, -0.2) is 0 Å². The summed E-state index contributed by atoms with van der Waals surface area (Å²) in [6, 6.07) is 0. The van der Waals surface area contributed by atoms with Crippen LogP contribution in [0.2, 0.25) is 0 Å². The van der Waals surface area contributed by atoms with E-state index >= 15 is 0 Å². The fraction of sp³-hybridized carbons (Fsp3) is 0.818. The monoisotopic (exact) mass is 280 g/mol. The number of thioether (sulfide) groups is 1. The molecule has 0 aromatic carbocycles. The summed E-state index contributed by atoms with van der Waals surface area (Å²) in [7, 11) is 6.33. The van der Waals surface area contributed by atoms with Crippen LogP contribution in [0.1, 0.15) is 13.3 Å². The van der Waals surface area contributed by atoms with Crippen molar-refractivity contribution in [3.8, 4) is 0 Å². The predicted octanol–water partition coefficient (Wildman–Crippen LogP) is 1.68. The molecule has 0 fully saturated rings. The molecule has 100 valence electrons. The summed E-state index contributed by atoms with van der Waals surface area (Å²) in [5.41, 5.74) is 0. The summed E-state index contributed by atoms with van der Waals surface area (Å²) in [6.07, 6.45) is 0.871. The second-order valence-corrected chi connectivity index (χ2v) is 6.14. The third-order valence-corrected chi connectivity index (χ3v) is 3.01. The minimum Gasteiger partial charge on any atom is -0.479 e. The summed E-state index contributed by atoms with van der Waals surface area (Å²) in [6.45, 7) is 3.84. The minimum atomic E-state index is -0.238. The van der Waals surface area contributed by atoms with Crippen LogP contribution in [0.4, 0.5) is 0 Å². The van der Waals surface area contributed by atoms with Gasteiger partial charge in [0.05, 0.1) is 46.7 Å². The Hall–Kier alpha value is -0.330. The first-order valence-electron chi connectivity index (χ1n) is 5.61. The number of ether oxygens (including phenoxy) is 2. The molecule has 0 saturated carbocycles. The second-order valence-electron chi connectivity index (χ2n) is 4.56. The lowest BCUT2D eigenvalue weighted by Crippen LogP contribution is -2.35. The van der Waals surface area contributed by atoms with E-state index in [-0.39, 0.29) is 11.7 Å². The number of thiocarbonyl (C=S) groups is 1. The third-order valence-electron chi connectivity index (χ3n) is 1.81. The lowest BCUT2D eigenvalue weighted by Gasteiger charge is -2.23. The number of carbonyl (C=O) groups is 1. The van der Waals surface area contributed by atoms with Gasteiger partial charge in [-0.15, -0.1) is 0 Å². The van der Waals surface area contributed by atoms with Gasteiger partial charge in [0.1, 0.15) is 0 Å². The molecule has 0 rings (SSSR count). The maximum absolute atomic E-state index is 11.3. The Morgan fingerprint density at radius 1 is 1.29 bits per heavy atom. The Kier molecular flexibility index (Phi) is 8.55. The SMILES string of the molecule is CCOC(=S)SCC(=O)OCCC[N+](C)(C)C. The molecule has 0 aliphatic rings. The van der Waals surface area contributed by atoms with Crippen LogP contribution in [-0.2, 0) is 14.3 Å². The van der Waals surface area contributed by atoms with Gasteiger partial charge in [-0.1, -0.05) is 11.8 Å². The molecule has 0 unspecified atom stereocenters. The smallest absolute Gasteiger partial charge is 0.316 e. The molecule has 0 saturated heterocycles. The van der Waals surface area contributed by atoms with Crippen LogP contribution in [0, 0.1) is 0 Å². The first kappa shape index (κ1) is 16.7. The van der Waals surface area contributed by atoms with Crippen LogP contribution < -0.4 is 0 Å². The molecule has 0 heterocycles. The zero-order valence-corrected chi connectivity index (χ0v) is 12.7. The first-order chi connectivity index (χ1) is 7.85. The van der Waals surface area contributed by atoms with Crippen LogP contribution in [0.3, 0.4) is 0 Å². The van der Waals surface area contributed by atoms with Crippen LogP contribution in [0.25, 0.3) is 0 Å². The van der Waals surface area contributed by atoms with Gasteiger partial charge >= 0.3 is 5.97 Å². The molecule has 0 N–H and O–H groups in total. The van der Waals surface area contributed by atoms with Gasteiger partial charge < -0.3 is 14.0 Å². The number of hydrogen-bond acceptors (Lipinski definition) is 5. The molecule has 0 aromatic heterocycles. The van der Waals surface area contributed by atoms with Crippen molar-refractivity contribution in [2.75, 3.05) is 46.7 Å². The van der Waals surface area contributed by atoms with E-state index in [1.165, 1.54) is 11.8 Å². The molecule has 4 nitrogen and oxygen atoms in total. The van der Waals surface area contributed by atoms with Gasteiger partial charge in [-0.2, -0.15) is 0 Å². The summed E-state index contributed by atoms with van der Waals surface area (Å²) >= 11 is 6.09. The highest BCUT2D eigenvalue weighted by atomic mass is 32.2. The van der Waals surface area contributed by atoms with E-state index in [9.17, 15) is 4.79 Å². The summed E-state index contributed by atoms with van der Waals surface area (Å²) in [4.78, 5) is 11.3. The molecular formula is C11H22NO3S2+. The summed E-state index contributed by atoms with van der Waals surface area (Å²) in [5, 5.41) is 0. The molecule has 0 amide bonds. The highest BCUT2D eigenvalue weighted by molar-refractivity contribution is 8.23. The number of hydrogen-bond donors (Lipinski definition) is 0. The van der Waals surface area contributed by atoms with Crippen LogP contribution in [-0.4, -0.2) is 61.5 Å². The zero-order chi connectivity index (χ0) is 13.3. The number of nitrogens with zero attached hydrogens (tertiary/aromatic N) is 1. The van der Waals surface area contributed by atoms with Crippen molar-refractivity contribution in [3.05, 3.63) is 0 Å². The molecule has 0 spiro atoms. The largest absolute Gasteiger partial charge is 0.479 e. The van der Waals surface area contributed by atoms with E-state index in [0.717, 1.165) is 17.4 Å². The molecule has 0 aliphatic heterocycles. The fourth-order valence-electron chi connectivity index (χ4n) is 1.04. The van der Waals surface area contributed by atoms with Gasteiger partial charge in [0.25, 0.3) is 0 Å². The maximum atomic E-state index is 11.3. The average Bonchev–Trinajstić information content (AvgIpc) is 2.21. The number of rotatable bonds is 7. The first-order valence-corrected chi connectivity index (χ1v) is 7.00. The fourth-order valence-corrected chi connectivity index (χ4v) is 1.86. The topological polar surface area (TPSA) is 35.5 Å². The number of carbonyl (C=O) groups excluding carboxylic acids is 1. The Labute approximate surface area is 113 Å². The molecule has 0 radical (unpaired) electrons. The lowest BCUT2D eigenvalue weighted by atomic mass is 10.4. The van der Waals surface area contributed by atoms with Crippen LogP contribution >= 0.6 is 24.0 Å². The van der Waals surface area contributed by atoms with E-state index < -0.39 is 0 Å². The van der Waals surface area contributed by atoms with Crippen LogP contribution in [0.15, 0.2) is 0 Å². The van der Waals surface area contributed by atoms with Crippen molar-refractivity contribution < 1.29 is 18.8 Å². The molecule has 17 heavy (non-hydrogen) atoms. The lowest BCUT2D eigenvalue weighted by molar-refractivity contribution is -0.870. The average molecular weight is 280 g/mol. The van der Waals surface area contributed by atoms with Crippen molar-refractivity contribution in [1.82, 2.24) is 0 Å². The molecule has 6 heteroatoms. The molecule has 0 atom stereocenters. The third kappa shape index (κ3) is 11.9. The van der Waals surface area contributed by atoms with Crippen LogP contribution in [0.5, 0.6) is 0 Å². The highest BCUT2D eigenvalue weighted by Gasteiger charge is 2.09. The number of quaternary nitrogens is 1. The Morgan fingerprint density at radius 3 is 2.47 bits per heavy atom. The van der Waals surface area contributed by atoms with Gasteiger partial charge in [-0.3, -0.25) is 4.79 Å². The Morgan fingerprint density at radius 2 is 1.94 bits per heavy atom. The number of esters is 1. The van der Waals surface area contributed by atoms with Crippen molar-refractivity contribution in [2.45, 2.75) is 13.3 Å². The standard InChI is InChI=1S/C11H22NO3S2/c1-5-14-11(16)17-9-10(13)15-8-6-7-12(2,3)4/h5-9H2,1-4H3/q+1. The van der Waals surface area contributed by atoms with E-state index in [2.05, 4.69) is 21.1 Å². The highest BCUT2D eigenvalue weighted by Crippen LogP contribution is 2.06. The van der Waals surface area contributed by atoms with Gasteiger partial charge in [0, 0.05) is 6.42 Å². The van der Waals surface area contributed by atoms with Crippen molar-refractivity contribution in [3.63, 3.8) is 0 Å². The Bertz CT molecular complexity index is 252. The molecule has 0 aliphatic carbocycles. The Balaban J connectivity index is 3.50. The van der Waals surface area contributed by atoms with Gasteiger partial charge in [0.2, 0.25) is 4.38 Å². The van der Waals surface area contributed by atoms with E-state index in [0.29, 0.717) is 17.6 Å². The summed E-state index contributed by atoms with van der Waals surface area (Å²) < 4.78 is 11.4. The van der Waals surface area contributed by atoms with Crippen molar-refractivity contribution in [2.24, 2.45) is 0 Å². The molecular weight excluding hydrogens is 258 g/mol. The predicted molar refractivity (Wildman–Crippen MR) is 75.2 cm³/mol. The normalized spacial score (nSPS) is 11.1. The quantitative estimate of drug-likeness (QED) is 0.307. The molecule has 0 bridgehead atoms. The van der Waals surface area contributed by atoms with Gasteiger partial charge in [-0.05, 0) is 19.1 Å². The van der Waals surface area contributed by atoms with E-state index in [4.69, 9.17) is 21.7 Å².